The first-order valence-electron chi connectivity index (χ1n) is 11.8. The summed E-state index contributed by atoms with van der Waals surface area (Å²) in [5.41, 5.74) is 3.37. The van der Waals surface area contributed by atoms with Crippen LogP contribution in [0.5, 0.6) is 5.75 Å². The summed E-state index contributed by atoms with van der Waals surface area (Å²) in [6.07, 6.45) is 0. The predicted octanol–water partition coefficient (Wildman–Crippen LogP) is 4.64. The third-order valence-corrected chi connectivity index (χ3v) is 6.23. The van der Waals surface area contributed by atoms with Crippen LogP contribution in [-0.4, -0.2) is 53.2 Å². The molecule has 8 nitrogen and oxygen atoms in total. The molecule has 0 aliphatic carbocycles. The standard InChI is InChI=1S/C28H26N4O4/c1-19(33)29-22-12-10-20(11-13-22)23-8-5-9-24(27(23)34)25-18-26(30-36-25)31-14-16-32(17-15-31)28(35)21-6-3-2-4-7-21/h2-13,18,34H,14-17H2,1H3,(H,29,33). The van der Waals surface area contributed by atoms with Gasteiger partial charge in [0.25, 0.3) is 5.91 Å². The summed E-state index contributed by atoms with van der Waals surface area (Å²) in [5, 5.41) is 18.0. The number of carbonyl (C=O) groups excluding carboxylic acids is 2. The number of aromatic nitrogens is 1. The Kier molecular flexibility index (Phi) is 6.40. The number of piperazine rings is 1. The molecule has 0 bridgehead atoms. The van der Waals surface area contributed by atoms with Gasteiger partial charge in [0.05, 0.1) is 5.56 Å². The topological polar surface area (TPSA) is 98.9 Å². The number of hydrogen-bond donors (Lipinski definition) is 2. The molecule has 0 radical (unpaired) electrons. The molecule has 0 saturated carbocycles. The number of para-hydroxylation sites is 1. The van der Waals surface area contributed by atoms with Crippen molar-refractivity contribution in [3.05, 3.63) is 84.4 Å². The molecule has 8 heteroatoms. The molecule has 1 aliphatic heterocycles. The maximum atomic E-state index is 12.7. The number of benzene rings is 3. The highest BCUT2D eigenvalue weighted by Gasteiger charge is 2.24. The van der Waals surface area contributed by atoms with Gasteiger partial charge in [-0.05, 0) is 35.9 Å². The van der Waals surface area contributed by atoms with Crippen LogP contribution < -0.4 is 10.2 Å². The van der Waals surface area contributed by atoms with Gasteiger partial charge in [0, 0.05) is 56.0 Å². The van der Waals surface area contributed by atoms with Crippen LogP contribution in [0.15, 0.2) is 83.4 Å². The molecule has 2 N–H and O–H groups in total. The molecule has 2 heterocycles. The normalized spacial score (nSPS) is 13.5. The molecule has 1 aromatic heterocycles. The number of phenols is 1. The van der Waals surface area contributed by atoms with Gasteiger partial charge in [-0.15, -0.1) is 0 Å². The second-order valence-electron chi connectivity index (χ2n) is 8.65. The summed E-state index contributed by atoms with van der Waals surface area (Å²) in [5.74, 6) is 1.11. The van der Waals surface area contributed by atoms with Gasteiger partial charge in [-0.2, -0.15) is 0 Å². The molecular weight excluding hydrogens is 456 g/mol. The number of aromatic hydroxyl groups is 1. The molecule has 36 heavy (non-hydrogen) atoms. The zero-order valence-electron chi connectivity index (χ0n) is 19.8. The predicted molar refractivity (Wildman–Crippen MR) is 138 cm³/mol. The summed E-state index contributed by atoms with van der Waals surface area (Å²) in [6, 6.07) is 23.8. The minimum absolute atomic E-state index is 0.0305. The number of anilines is 2. The average Bonchev–Trinajstić information content (AvgIpc) is 3.39. The van der Waals surface area contributed by atoms with Gasteiger partial charge in [-0.3, -0.25) is 9.59 Å². The summed E-state index contributed by atoms with van der Waals surface area (Å²) < 4.78 is 5.60. The average molecular weight is 483 g/mol. The third kappa shape index (κ3) is 4.79. The van der Waals surface area contributed by atoms with E-state index in [0.717, 1.165) is 5.56 Å². The van der Waals surface area contributed by atoms with Crippen LogP contribution in [0, 0.1) is 0 Å². The number of phenolic OH excluding ortho intramolecular Hbond substituents is 1. The van der Waals surface area contributed by atoms with Crippen molar-refractivity contribution < 1.29 is 19.2 Å². The van der Waals surface area contributed by atoms with Gasteiger partial charge in [-0.25, -0.2) is 0 Å². The van der Waals surface area contributed by atoms with Gasteiger partial charge in [0.2, 0.25) is 5.91 Å². The lowest BCUT2D eigenvalue weighted by Gasteiger charge is -2.34. The van der Waals surface area contributed by atoms with E-state index in [1.54, 1.807) is 18.2 Å². The first-order chi connectivity index (χ1) is 17.5. The van der Waals surface area contributed by atoms with E-state index in [9.17, 15) is 14.7 Å². The van der Waals surface area contributed by atoms with Crippen molar-refractivity contribution in [3.63, 3.8) is 0 Å². The second kappa shape index (κ2) is 9.95. The number of nitrogens with zero attached hydrogens (tertiary/aromatic N) is 3. The van der Waals surface area contributed by atoms with Crippen molar-refractivity contribution >= 4 is 23.3 Å². The monoisotopic (exact) mass is 482 g/mol. The van der Waals surface area contributed by atoms with E-state index in [0.29, 0.717) is 60.1 Å². The van der Waals surface area contributed by atoms with Crippen LogP contribution in [0.3, 0.4) is 0 Å². The molecule has 1 saturated heterocycles. The van der Waals surface area contributed by atoms with Crippen LogP contribution in [0.4, 0.5) is 11.5 Å². The lowest BCUT2D eigenvalue weighted by atomic mass is 10.00. The molecular formula is C28H26N4O4. The molecule has 1 fully saturated rings. The first kappa shape index (κ1) is 23.2. The van der Waals surface area contributed by atoms with E-state index in [1.165, 1.54) is 6.92 Å². The zero-order chi connectivity index (χ0) is 25.1. The van der Waals surface area contributed by atoms with Crippen molar-refractivity contribution in [2.24, 2.45) is 0 Å². The molecule has 0 unspecified atom stereocenters. The van der Waals surface area contributed by atoms with Gasteiger partial charge in [-0.1, -0.05) is 47.6 Å². The Balaban J connectivity index is 1.29. The van der Waals surface area contributed by atoms with E-state index in [4.69, 9.17) is 4.52 Å². The highest BCUT2D eigenvalue weighted by atomic mass is 16.5. The summed E-state index contributed by atoms with van der Waals surface area (Å²) in [7, 11) is 0. The minimum Gasteiger partial charge on any atom is -0.507 e. The van der Waals surface area contributed by atoms with E-state index in [-0.39, 0.29) is 17.6 Å². The number of rotatable bonds is 5. The van der Waals surface area contributed by atoms with Gasteiger partial charge >= 0.3 is 0 Å². The SMILES string of the molecule is CC(=O)Nc1ccc(-c2cccc(-c3cc(N4CCN(C(=O)c5ccccc5)CC4)no3)c2O)cc1. The number of nitrogens with one attached hydrogen (secondary N) is 1. The maximum absolute atomic E-state index is 12.7. The highest BCUT2D eigenvalue weighted by molar-refractivity contribution is 5.94. The lowest BCUT2D eigenvalue weighted by Crippen LogP contribution is -2.48. The molecule has 0 atom stereocenters. The largest absolute Gasteiger partial charge is 0.507 e. The Hall–Kier alpha value is -4.59. The van der Waals surface area contributed by atoms with Crippen molar-refractivity contribution in [1.82, 2.24) is 10.1 Å². The minimum atomic E-state index is -0.141. The third-order valence-electron chi connectivity index (χ3n) is 6.23. The van der Waals surface area contributed by atoms with Crippen LogP contribution in [0.25, 0.3) is 22.5 Å². The van der Waals surface area contributed by atoms with Crippen LogP contribution in [0.2, 0.25) is 0 Å². The maximum Gasteiger partial charge on any atom is 0.253 e. The van der Waals surface area contributed by atoms with E-state index in [1.807, 2.05) is 65.6 Å². The number of hydrogen-bond acceptors (Lipinski definition) is 6. The van der Waals surface area contributed by atoms with Crippen molar-refractivity contribution in [2.45, 2.75) is 6.92 Å². The Morgan fingerprint density at radius 1 is 0.889 bits per heavy atom. The van der Waals surface area contributed by atoms with Gasteiger partial charge < -0.3 is 24.7 Å². The fourth-order valence-electron chi connectivity index (χ4n) is 4.36. The Morgan fingerprint density at radius 2 is 1.58 bits per heavy atom. The quantitative estimate of drug-likeness (QED) is 0.430. The summed E-state index contributed by atoms with van der Waals surface area (Å²) >= 11 is 0. The van der Waals surface area contributed by atoms with Gasteiger partial charge in [0.15, 0.2) is 11.6 Å². The molecule has 4 aromatic rings. The molecule has 0 spiro atoms. The Bertz CT molecular complexity index is 1370. The van der Waals surface area contributed by atoms with Crippen LogP contribution in [-0.2, 0) is 4.79 Å². The number of amides is 2. The van der Waals surface area contributed by atoms with Crippen molar-refractivity contribution in [3.8, 4) is 28.2 Å². The second-order valence-corrected chi connectivity index (χ2v) is 8.65. The van der Waals surface area contributed by atoms with Crippen LogP contribution in [0.1, 0.15) is 17.3 Å². The van der Waals surface area contributed by atoms with E-state index in [2.05, 4.69) is 15.4 Å². The van der Waals surface area contributed by atoms with Gasteiger partial charge in [0.1, 0.15) is 5.75 Å². The van der Waals surface area contributed by atoms with Crippen LogP contribution >= 0.6 is 0 Å². The molecule has 1 aliphatic rings. The molecule has 182 valence electrons. The smallest absolute Gasteiger partial charge is 0.253 e. The van der Waals surface area contributed by atoms with Crippen molar-refractivity contribution in [1.29, 1.82) is 0 Å². The summed E-state index contributed by atoms with van der Waals surface area (Å²) in [6.45, 7) is 3.91. The summed E-state index contributed by atoms with van der Waals surface area (Å²) in [4.78, 5) is 27.9. The highest BCUT2D eigenvalue weighted by Crippen LogP contribution is 2.39. The zero-order valence-corrected chi connectivity index (χ0v) is 19.8. The van der Waals surface area contributed by atoms with E-state index >= 15 is 0 Å². The van der Waals surface area contributed by atoms with Crippen molar-refractivity contribution in [2.75, 3.05) is 36.4 Å². The van der Waals surface area contributed by atoms with E-state index < -0.39 is 0 Å². The first-order valence-corrected chi connectivity index (χ1v) is 11.8. The molecule has 3 aromatic carbocycles. The molecule has 2 amide bonds. The molecule has 5 rings (SSSR count). The Morgan fingerprint density at radius 3 is 2.28 bits per heavy atom. The number of carbonyl (C=O) groups is 2. The fraction of sp³-hybridized carbons (Fsp3) is 0.179. The Labute approximate surface area is 208 Å². The lowest BCUT2D eigenvalue weighted by molar-refractivity contribution is -0.114. The fourth-order valence-corrected chi connectivity index (χ4v) is 4.36.